The molecule has 1 aromatic carbocycles. The number of hydrogen-bond donors (Lipinski definition) is 3. The molecular formula is C20H18F3N7O. The third-order valence-electron chi connectivity index (χ3n) is 4.40. The van der Waals surface area contributed by atoms with Crippen molar-refractivity contribution >= 4 is 22.7 Å². The van der Waals surface area contributed by atoms with Crippen molar-refractivity contribution in [2.75, 3.05) is 12.4 Å². The molecule has 8 nitrogen and oxygen atoms in total. The zero-order chi connectivity index (χ0) is 22.0. The Morgan fingerprint density at radius 2 is 1.90 bits per heavy atom. The van der Waals surface area contributed by atoms with E-state index in [-0.39, 0.29) is 11.1 Å². The third kappa shape index (κ3) is 4.72. The Hall–Kier alpha value is -3.73. The van der Waals surface area contributed by atoms with E-state index in [1.54, 1.807) is 18.2 Å². The van der Waals surface area contributed by atoms with Crippen LogP contribution in [0.2, 0.25) is 0 Å². The highest BCUT2D eigenvalue weighted by atomic mass is 19.4. The molecule has 11 heteroatoms. The number of nitrogens with zero attached hydrogens (tertiary/aromatic N) is 4. The Labute approximate surface area is 174 Å². The third-order valence-corrected chi connectivity index (χ3v) is 4.40. The van der Waals surface area contributed by atoms with Crippen LogP contribution >= 0.6 is 0 Å². The summed E-state index contributed by atoms with van der Waals surface area (Å²) >= 11 is 0. The largest absolute Gasteiger partial charge is 0.421 e. The van der Waals surface area contributed by atoms with Gasteiger partial charge in [-0.2, -0.15) is 13.2 Å². The zero-order valence-electron chi connectivity index (χ0n) is 16.6. The Balaban J connectivity index is 1.49. The Bertz CT molecular complexity index is 1210. The second kappa shape index (κ2) is 8.19. The van der Waals surface area contributed by atoms with Gasteiger partial charge in [-0.25, -0.2) is 19.9 Å². The normalized spacial score (nSPS) is 11.6. The van der Waals surface area contributed by atoms with Crippen molar-refractivity contribution in [1.29, 1.82) is 0 Å². The van der Waals surface area contributed by atoms with Crippen LogP contribution in [0.15, 0.2) is 42.9 Å². The number of hydrogen-bond acceptors (Lipinski definition) is 7. The summed E-state index contributed by atoms with van der Waals surface area (Å²) in [4.78, 5) is 19.5. The van der Waals surface area contributed by atoms with Gasteiger partial charge in [0.15, 0.2) is 0 Å². The summed E-state index contributed by atoms with van der Waals surface area (Å²) in [5.74, 6) is 0.994. The van der Waals surface area contributed by atoms with Crippen molar-refractivity contribution < 1.29 is 17.9 Å². The summed E-state index contributed by atoms with van der Waals surface area (Å²) in [6.45, 7) is 1.99. The number of aromatic amines is 1. The number of halogens is 3. The molecule has 160 valence electrons. The van der Waals surface area contributed by atoms with Gasteiger partial charge < -0.3 is 20.4 Å². The van der Waals surface area contributed by atoms with Crippen molar-refractivity contribution in [3.8, 4) is 11.8 Å². The van der Waals surface area contributed by atoms with Crippen LogP contribution in [0.4, 0.5) is 24.8 Å². The van der Waals surface area contributed by atoms with Crippen LogP contribution in [0.5, 0.6) is 11.8 Å². The molecule has 31 heavy (non-hydrogen) atoms. The van der Waals surface area contributed by atoms with Crippen molar-refractivity contribution in [3.63, 3.8) is 0 Å². The quantitative estimate of drug-likeness (QED) is 0.419. The van der Waals surface area contributed by atoms with Crippen LogP contribution in [-0.4, -0.2) is 32.0 Å². The summed E-state index contributed by atoms with van der Waals surface area (Å²) in [7, 11) is 1.81. The Kier molecular flexibility index (Phi) is 5.42. The predicted octanol–water partition coefficient (Wildman–Crippen LogP) is 4.33. The average molecular weight is 429 g/mol. The van der Waals surface area contributed by atoms with Crippen molar-refractivity contribution in [2.45, 2.75) is 19.6 Å². The van der Waals surface area contributed by atoms with Crippen molar-refractivity contribution in [1.82, 2.24) is 30.2 Å². The molecule has 4 aromatic rings. The minimum absolute atomic E-state index is 0.126. The molecule has 0 spiro atoms. The summed E-state index contributed by atoms with van der Waals surface area (Å²) in [5.41, 5.74) is 1.50. The zero-order valence-corrected chi connectivity index (χ0v) is 16.6. The van der Waals surface area contributed by atoms with E-state index >= 15 is 0 Å². The maximum Gasteiger partial charge on any atom is 0.416 e. The minimum atomic E-state index is -4.43. The van der Waals surface area contributed by atoms with Gasteiger partial charge in [-0.1, -0.05) is 0 Å². The molecule has 0 saturated carbocycles. The van der Waals surface area contributed by atoms with Gasteiger partial charge in [0.2, 0.25) is 17.7 Å². The van der Waals surface area contributed by atoms with E-state index in [2.05, 4.69) is 35.6 Å². The molecule has 0 bridgehead atoms. The number of alkyl halides is 3. The van der Waals surface area contributed by atoms with E-state index in [9.17, 15) is 13.2 Å². The first-order valence-corrected chi connectivity index (χ1v) is 9.26. The molecule has 3 heterocycles. The number of aryl methyl sites for hydroxylation is 1. The van der Waals surface area contributed by atoms with Gasteiger partial charge >= 0.3 is 6.18 Å². The second-order valence-electron chi connectivity index (χ2n) is 6.76. The van der Waals surface area contributed by atoms with Crippen LogP contribution in [0.3, 0.4) is 0 Å². The molecule has 4 rings (SSSR count). The topological polar surface area (TPSA) is 101 Å². The van der Waals surface area contributed by atoms with Crippen LogP contribution in [0.1, 0.15) is 16.8 Å². The number of H-pyrrole nitrogens is 1. The lowest BCUT2D eigenvalue weighted by molar-refractivity contribution is -0.137. The fourth-order valence-electron chi connectivity index (χ4n) is 3.00. The first-order valence-electron chi connectivity index (χ1n) is 9.26. The number of aromatic nitrogens is 5. The molecule has 0 amide bonds. The fourth-order valence-corrected chi connectivity index (χ4v) is 3.00. The smallest absolute Gasteiger partial charge is 0.416 e. The van der Waals surface area contributed by atoms with E-state index in [1.807, 2.05) is 7.05 Å². The highest BCUT2D eigenvalue weighted by Crippen LogP contribution is 2.34. The van der Waals surface area contributed by atoms with Gasteiger partial charge in [-0.3, -0.25) is 0 Å². The van der Waals surface area contributed by atoms with E-state index in [4.69, 9.17) is 4.74 Å². The van der Waals surface area contributed by atoms with Gasteiger partial charge in [0.1, 0.15) is 6.33 Å². The lowest BCUT2D eigenvalue weighted by Gasteiger charge is -2.09. The molecular weight excluding hydrogens is 411 g/mol. The number of anilines is 2. The molecule has 0 unspecified atom stereocenters. The summed E-state index contributed by atoms with van der Waals surface area (Å²) in [6, 6.07) is 7.51. The van der Waals surface area contributed by atoms with Gasteiger partial charge in [-0.15, -0.1) is 0 Å². The molecule has 0 aliphatic heterocycles. The lowest BCUT2D eigenvalue weighted by Crippen LogP contribution is -2.07. The molecule has 0 fully saturated rings. The van der Waals surface area contributed by atoms with Crippen LogP contribution in [0, 0.1) is 6.92 Å². The number of pyridine rings is 1. The monoisotopic (exact) mass is 429 g/mol. The van der Waals surface area contributed by atoms with Crippen LogP contribution < -0.4 is 15.4 Å². The second-order valence-corrected chi connectivity index (χ2v) is 6.76. The van der Waals surface area contributed by atoms with Crippen molar-refractivity contribution in [2.24, 2.45) is 0 Å². The minimum Gasteiger partial charge on any atom is -0.421 e. The molecule has 3 aromatic heterocycles. The molecule has 0 saturated heterocycles. The first-order chi connectivity index (χ1) is 14.8. The predicted molar refractivity (Wildman–Crippen MR) is 108 cm³/mol. The maximum absolute atomic E-state index is 13.1. The number of benzene rings is 1. The van der Waals surface area contributed by atoms with Crippen LogP contribution in [0.25, 0.3) is 11.0 Å². The number of fused-ring (bicyclic) bond motifs is 1. The average Bonchev–Trinajstić information content (AvgIpc) is 3.10. The number of rotatable bonds is 6. The van der Waals surface area contributed by atoms with E-state index < -0.39 is 11.7 Å². The number of nitrogens with one attached hydrogen (secondary N) is 3. The molecule has 0 aliphatic carbocycles. The highest BCUT2D eigenvalue weighted by molar-refractivity contribution is 5.80. The SMILES string of the molecule is CNCc1cc(Oc2ccc(Nc3nc4cc(C(F)(F)F)c(C)cc4[nH]3)cn2)ncn1. The van der Waals surface area contributed by atoms with Crippen LogP contribution in [-0.2, 0) is 12.7 Å². The lowest BCUT2D eigenvalue weighted by atomic mass is 10.1. The Morgan fingerprint density at radius 1 is 1.06 bits per heavy atom. The molecule has 0 radical (unpaired) electrons. The first kappa shape index (κ1) is 20.5. The highest BCUT2D eigenvalue weighted by Gasteiger charge is 2.32. The van der Waals surface area contributed by atoms with Gasteiger partial charge in [-0.05, 0) is 37.7 Å². The maximum atomic E-state index is 13.1. The number of imidazole rings is 1. The van der Waals surface area contributed by atoms with E-state index in [0.29, 0.717) is 35.5 Å². The molecule has 0 atom stereocenters. The van der Waals surface area contributed by atoms with Gasteiger partial charge in [0, 0.05) is 18.7 Å². The standard InChI is InChI=1S/C20H18F3N7O/c1-11-5-15-16(7-14(11)20(21,22)23)30-19(29-15)28-12-3-4-17(25-9-12)31-18-6-13(8-24-2)26-10-27-18/h3-7,9-10,24H,8H2,1-2H3,(H2,28,29,30). The number of ether oxygens (including phenoxy) is 1. The van der Waals surface area contributed by atoms with Gasteiger partial charge in [0.25, 0.3) is 0 Å². The fraction of sp³-hybridized carbons (Fsp3) is 0.200. The summed E-state index contributed by atoms with van der Waals surface area (Å²) in [6.07, 6.45) is -1.50. The summed E-state index contributed by atoms with van der Waals surface area (Å²) in [5, 5.41) is 5.98. The van der Waals surface area contributed by atoms with Crippen molar-refractivity contribution in [3.05, 3.63) is 59.7 Å². The van der Waals surface area contributed by atoms with Gasteiger partial charge in [0.05, 0.1) is 34.2 Å². The van der Waals surface area contributed by atoms with E-state index in [0.717, 1.165) is 11.8 Å². The Morgan fingerprint density at radius 3 is 2.61 bits per heavy atom. The van der Waals surface area contributed by atoms with E-state index in [1.165, 1.54) is 25.5 Å². The molecule has 0 aliphatic rings. The summed E-state index contributed by atoms with van der Waals surface area (Å²) < 4.78 is 44.9. The molecule has 3 N–H and O–H groups in total.